The van der Waals surface area contributed by atoms with Gasteiger partial charge in [0, 0.05) is 17.6 Å². The fourth-order valence-corrected chi connectivity index (χ4v) is 4.78. The molecule has 0 aliphatic heterocycles. The third-order valence-electron chi connectivity index (χ3n) is 6.41. The summed E-state index contributed by atoms with van der Waals surface area (Å²) in [5.41, 5.74) is 4.17. The maximum absolute atomic E-state index is 13.8. The monoisotopic (exact) mass is 388 g/mol. The van der Waals surface area contributed by atoms with E-state index in [1.807, 2.05) is 30.5 Å². The first-order chi connectivity index (χ1) is 14.2. The van der Waals surface area contributed by atoms with Crippen LogP contribution in [0.15, 0.2) is 54.7 Å². The van der Waals surface area contributed by atoms with Crippen LogP contribution in [0.5, 0.6) is 0 Å². The minimum atomic E-state index is -0.191. The van der Waals surface area contributed by atoms with Crippen molar-refractivity contribution < 1.29 is 4.39 Å². The third-order valence-corrected chi connectivity index (χ3v) is 6.41. The second-order valence-corrected chi connectivity index (χ2v) is 8.21. The van der Waals surface area contributed by atoms with E-state index in [2.05, 4.69) is 33.3 Å². The highest BCUT2D eigenvalue weighted by atomic mass is 19.1. The van der Waals surface area contributed by atoms with Crippen LogP contribution in [0.25, 0.3) is 21.9 Å². The average molecular weight is 388 g/mol. The summed E-state index contributed by atoms with van der Waals surface area (Å²) in [7, 11) is 0. The van der Waals surface area contributed by atoms with Gasteiger partial charge in [0.05, 0.1) is 16.6 Å². The number of para-hydroxylation sites is 2. The predicted octanol–water partition coefficient (Wildman–Crippen LogP) is 6.02. The van der Waals surface area contributed by atoms with Crippen LogP contribution in [0.1, 0.15) is 44.1 Å². The number of hydrogen-bond donors (Lipinski definition) is 2. The molecule has 4 aromatic rings. The summed E-state index contributed by atoms with van der Waals surface area (Å²) in [6.07, 6.45) is 6.39. The van der Waals surface area contributed by atoms with Gasteiger partial charge in [-0.3, -0.25) is 4.98 Å². The van der Waals surface area contributed by atoms with Gasteiger partial charge in [0.1, 0.15) is 5.82 Å². The van der Waals surface area contributed by atoms with Gasteiger partial charge in [-0.25, -0.2) is 9.37 Å². The Morgan fingerprint density at radius 1 is 1.03 bits per heavy atom. The second kappa shape index (κ2) is 7.47. The van der Waals surface area contributed by atoms with Crippen molar-refractivity contribution in [3.8, 4) is 0 Å². The molecule has 2 heterocycles. The number of benzene rings is 2. The van der Waals surface area contributed by atoms with Crippen molar-refractivity contribution in [2.24, 2.45) is 5.92 Å². The van der Waals surface area contributed by atoms with Gasteiger partial charge in [-0.15, -0.1) is 0 Å². The molecule has 0 spiro atoms. The number of pyridine rings is 1. The number of halogens is 1. The van der Waals surface area contributed by atoms with Crippen LogP contribution >= 0.6 is 0 Å². The Morgan fingerprint density at radius 3 is 2.69 bits per heavy atom. The van der Waals surface area contributed by atoms with Gasteiger partial charge >= 0.3 is 0 Å². The highest BCUT2D eigenvalue weighted by Gasteiger charge is 2.27. The average Bonchev–Trinajstić information content (AvgIpc) is 3.15. The third kappa shape index (κ3) is 3.57. The van der Waals surface area contributed by atoms with Crippen LogP contribution in [0, 0.1) is 11.7 Å². The largest absolute Gasteiger partial charge is 0.353 e. The maximum atomic E-state index is 13.8. The molecule has 5 heteroatoms. The van der Waals surface area contributed by atoms with Gasteiger partial charge in [-0.05, 0) is 86.4 Å². The van der Waals surface area contributed by atoms with Crippen LogP contribution in [0.3, 0.4) is 0 Å². The zero-order valence-electron chi connectivity index (χ0n) is 16.5. The molecule has 0 amide bonds. The van der Waals surface area contributed by atoms with E-state index in [4.69, 9.17) is 0 Å². The molecule has 1 aliphatic carbocycles. The van der Waals surface area contributed by atoms with E-state index < -0.39 is 0 Å². The highest BCUT2D eigenvalue weighted by Crippen LogP contribution is 2.39. The normalized spacial score (nSPS) is 20.8. The fourth-order valence-electron chi connectivity index (χ4n) is 4.78. The Kier molecular flexibility index (Phi) is 4.66. The molecular weight excluding hydrogens is 363 g/mol. The molecule has 29 heavy (non-hydrogen) atoms. The molecule has 1 unspecified atom stereocenters. The predicted molar refractivity (Wildman–Crippen MR) is 116 cm³/mol. The zero-order valence-corrected chi connectivity index (χ0v) is 16.5. The molecule has 0 saturated heterocycles. The van der Waals surface area contributed by atoms with Crippen molar-refractivity contribution in [2.45, 2.75) is 44.6 Å². The molecule has 5 rings (SSSR count). The summed E-state index contributed by atoms with van der Waals surface area (Å²) in [5.74, 6) is 1.72. The molecule has 0 bridgehead atoms. The molecular formula is C24H25FN4. The first-order valence-electron chi connectivity index (χ1n) is 10.4. The highest BCUT2D eigenvalue weighted by molar-refractivity contribution is 5.82. The number of hydrogen-bond acceptors (Lipinski definition) is 3. The molecule has 1 atom stereocenters. The van der Waals surface area contributed by atoms with Crippen molar-refractivity contribution in [3.05, 3.63) is 66.1 Å². The summed E-state index contributed by atoms with van der Waals surface area (Å²) >= 11 is 0. The molecule has 2 N–H and O–H groups in total. The Balaban J connectivity index is 1.27. The first-order valence-corrected chi connectivity index (χ1v) is 10.4. The quantitative estimate of drug-likeness (QED) is 0.449. The Labute approximate surface area is 169 Å². The van der Waals surface area contributed by atoms with Crippen LogP contribution in [-0.4, -0.2) is 21.0 Å². The molecule has 1 saturated carbocycles. The summed E-state index contributed by atoms with van der Waals surface area (Å²) < 4.78 is 13.8. The lowest BCUT2D eigenvalue weighted by molar-refractivity contribution is 0.301. The van der Waals surface area contributed by atoms with Crippen LogP contribution in [0.4, 0.5) is 10.3 Å². The Hall–Kier alpha value is -2.95. The van der Waals surface area contributed by atoms with Gasteiger partial charge in [0.15, 0.2) is 0 Å². The van der Waals surface area contributed by atoms with E-state index in [0.29, 0.717) is 17.9 Å². The number of fused-ring (bicyclic) bond motifs is 2. The van der Waals surface area contributed by atoms with Crippen molar-refractivity contribution in [2.75, 3.05) is 5.32 Å². The summed E-state index contributed by atoms with van der Waals surface area (Å²) in [6, 6.07) is 15.4. The van der Waals surface area contributed by atoms with Crippen LogP contribution in [0.2, 0.25) is 0 Å². The standard InChI is InChI=1S/C24H25FN4/c1-15(27-24-28-22-4-2-3-5-23(22)29-24)16-6-8-17(9-7-16)19-12-13-26-21-11-10-18(25)14-20(19)21/h2-5,10-17H,6-9H2,1H3,(H2,27,28,29)/t15?,16-,17+. The number of anilines is 1. The lowest BCUT2D eigenvalue weighted by Crippen LogP contribution is -2.29. The van der Waals surface area contributed by atoms with Crippen molar-refractivity contribution >= 4 is 27.9 Å². The minimum Gasteiger partial charge on any atom is -0.353 e. The van der Waals surface area contributed by atoms with E-state index in [9.17, 15) is 4.39 Å². The number of aromatic nitrogens is 3. The fraction of sp³-hybridized carbons (Fsp3) is 0.333. The number of nitrogens with one attached hydrogen (secondary N) is 2. The number of imidazole rings is 1. The number of aromatic amines is 1. The Bertz CT molecular complexity index is 1110. The van der Waals surface area contributed by atoms with E-state index in [0.717, 1.165) is 53.6 Å². The lowest BCUT2D eigenvalue weighted by Gasteiger charge is -2.33. The zero-order chi connectivity index (χ0) is 19.8. The van der Waals surface area contributed by atoms with E-state index >= 15 is 0 Å². The summed E-state index contributed by atoms with van der Waals surface area (Å²) in [5, 5.41) is 4.53. The first kappa shape index (κ1) is 18.1. The Morgan fingerprint density at radius 2 is 1.86 bits per heavy atom. The molecule has 0 radical (unpaired) electrons. The molecule has 1 aliphatic rings. The molecule has 1 fully saturated rings. The van der Waals surface area contributed by atoms with Gasteiger partial charge < -0.3 is 10.3 Å². The number of H-pyrrole nitrogens is 1. The number of nitrogens with zero attached hydrogens (tertiary/aromatic N) is 2. The van der Waals surface area contributed by atoms with Crippen molar-refractivity contribution in [1.82, 2.24) is 15.0 Å². The van der Waals surface area contributed by atoms with Crippen molar-refractivity contribution in [1.29, 1.82) is 0 Å². The van der Waals surface area contributed by atoms with Gasteiger partial charge in [-0.1, -0.05) is 12.1 Å². The van der Waals surface area contributed by atoms with E-state index in [1.165, 1.54) is 11.6 Å². The second-order valence-electron chi connectivity index (χ2n) is 8.21. The molecule has 4 nitrogen and oxygen atoms in total. The topological polar surface area (TPSA) is 53.6 Å². The minimum absolute atomic E-state index is 0.191. The van der Waals surface area contributed by atoms with Gasteiger partial charge in [0.2, 0.25) is 5.95 Å². The SMILES string of the molecule is CC(Nc1nc2ccccc2[nH]1)[C@H]1CC[C@@H](c2ccnc3ccc(F)cc32)CC1. The molecule has 2 aromatic carbocycles. The van der Waals surface area contributed by atoms with E-state index in [1.54, 1.807) is 12.1 Å². The number of rotatable bonds is 4. The summed E-state index contributed by atoms with van der Waals surface area (Å²) in [6.45, 7) is 2.25. The van der Waals surface area contributed by atoms with Crippen molar-refractivity contribution in [3.63, 3.8) is 0 Å². The summed E-state index contributed by atoms with van der Waals surface area (Å²) in [4.78, 5) is 12.4. The molecule has 2 aromatic heterocycles. The van der Waals surface area contributed by atoms with Gasteiger partial charge in [0.25, 0.3) is 0 Å². The maximum Gasteiger partial charge on any atom is 0.201 e. The lowest BCUT2D eigenvalue weighted by atomic mass is 9.75. The molecule has 148 valence electrons. The van der Waals surface area contributed by atoms with Crippen LogP contribution in [-0.2, 0) is 0 Å². The van der Waals surface area contributed by atoms with Gasteiger partial charge in [-0.2, -0.15) is 0 Å². The van der Waals surface area contributed by atoms with Crippen LogP contribution < -0.4 is 5.32 Å². The smallest absolute Gasteiger partial charge is 0.201 e. The van der Waals surface area contributed by atoms with E-state index in [-0.39, 0.29) is 5.82 Å².